The van der Waals surface area contributed by atoms with Crippen LogP contribution in [0.3, 0.4) is 0 Å². The summed E-state index contributed by atoms with van der Waals surface area (Å²) in [4.78, 5) is 23.1. The van der Waals surface area contributed by atoms with Gasteiger partial charge in [-0.1, -0.05) is 0 Å². The van der Waals surface area contributed by atoms with Crippen molar-refractivity contribution in [2.45, 2.75) is 31.2 Å². The zero-order valence-electron chi connectivity index (χ0n) is 11.3. The first-order valence-corrected chi connectivity index (χ1v) is 6.44. The molecule has 1 aliphatic carbocycles. The van der Waals surface area contributed by atoms with E-state index < -0.39 is 11.5 Å². The van der Waals surface area contributed by atoms with E-state index in [1.54, 1.807) is 0 Å². The van der Waals surface area contributed by atoms with Gasteiger partial charge in [0.1, 0.15) is 5.75 Å². The highest BCUT2D eigenvalue weighted by Gasteiger charge is 2.34. The molecule has 0 saturated heterocycles. The van der Waals surface area contributed by atoms with Crippen molar-refractivity contribution in [3.05, 3.63) is 23.8 Å². The van der Waals surface area contributed by atoms with Crippen LogP contribution in [0.4, 0.5) is 5.69 Å². The molecule has 6 heteroatoms. The third kappa shape index (κ3) is 3.08. The maximum atomic E-state index is 12.0. The van der Waals surface area contributed by atoms with Crippen LogP contribution in [0.15, 0.2) is 18.2 Å². The van der Waals surface area contributed by atoms with Gasteiger partial charge < -0.3 is 20.9 Å². The number of methoxy groups -OCH3 is 1. The molecule has 1 fully saturated rings. The summed E-state index contributed by atoms with van der Waals surface area (Å²) in [6.07, 6.45) is 2.88. The molecule has 1 aromatic rings. The van der Waals surface area contributed by atoms with Gasteiger partial charge in [0.25, 0.3) is 0 Å². The topological polar surface area (TPSA) is 102 Å². The zero-order chi connectivity index (χ0) is 14.8. The van der Waals surface area contributed by atoms with Gasteiger partial charge in [-0.2, -0.15) is 0 Å². The Morgan fingerprint density at radius 3 is 2.65 bits per heavy atom. The number of carbonyl (C=O) groups is 2. The van der Waals surface area contributed by atoms with Gasteiger partial charge in [-0.05, 0) is 31.4 Å². The Hall–Kier alpha value is -2.08. The minimum atomic E-state index is -1.10. The molecule has 6 nitrogen and oxygen atoms in total. The highest BCUT2D eigenvalue weighted by atomic mass is 16.5. The molecular formula is C14H18N2O4. The van der Waals surface area contributed by atoms with Crippen LogP contribution in [0.1, 0.15) is 36.0 Å². The second kappa shape index (κ2) is 5.50. The van der Waals surface area contributed by atoms with Crippen molar-refractivity contribution in [3.8, 4) is 5.75 Å². The molecule has 0 aliphatic heterocycles. The second-order valence-electron chi connectivity index (χ2n) is 5.16. The van der Waals surface area contributed by atoms with Crippen molar-refractivity contribution in [2.75, 3.05) is 12.4 Å². The molecule has 0 aromatic heterocycles. The lowest BCUT2D eigenvalue weighted by Crippen LogP contribution is -2.49. The van der Waals surface area contributed by atoms with Gasteiger partial charge in [0.15, 0.2) is 0 Å². The Bertz CT molecular complexity index is 538. The number of ether oxygens (including phenoxy) is 1. The molecule has 1 aromatic carbocycles. The molecule has 0 radical (unpaired) electrons. The van der Waals surface area contributed by atoms with E-state index >= 15 is 0 Å². The van der Waals surface area contributed by atoms with E-state index in [1.165, 1.54) is 25.3 Å². The highest BCUT2D eigenvalue weighted by molar-refractivity contribution is 6.01. The predicted molar refractivity (Wildman–Crippen MR) is 74.0 cm³/mol. The largest absolute Gasteiger partial charge is 0.497 e. The van der Waals surface area contributed by atoms with Crippen LogP contribution in [0.5, 0.6) is 5.75 Å². The molecule has 0 spiro atoms. The van der Waals surface area contributed by atoms with E-state index in [9.17, 15) is 9.59 Å². The molecule has 2 rings (SSSR count). The maximum Gasteiger partial charge on any atom is 0.337 e. The van der Waals surface area contributed by atoms with E-state index in [2.05, 4.69) is 5.32 Å². The average molecular weight is 278 g/mol. The number of hydrogen-bond acceptors (Lipinski definition) is 4. The molecular weight excluding hydrogens is 260 g/mol. The predicted octanol–water partition coefficient (Wildman–Crippen LogP) is 1.60. The first-order chi connectivity index (χ1) is 9.43. The van der Waals surface area contributed by atoms with E-state index in [4.69, 9.17) is 15.6 Å². The number of anilines is 1. The quantitative estimate of drug-likeness (QED) is 0.759. The van der Waals surface area contributed by atoms with Crippen molar-refractivity contribution >= 4 is 17.6 Å². The summed E-state index contributed by atoms with van der Waals surface area (Å²) >= 11 is 0. The fourth-order valence-electron chi connectivity index (χ4n) is 2.26. The Kier molecular flexibility index (Phi) is 3.94. The van der Waals surface area contributed by atoms with Crippen molar-refractivity contribution in [3.63, 3.8) is 0 Å². The number of rotatable bonds is 5. The Morgan fingerprint density at radius 2 is 2.15 bits per heavy atom. The molecule has 4 N–H and O–H groups in total. The Morgan fingerprint density at radius 1 is 1.45 bits per heavy atom. The number of carbonyl (C=O) groups excluding carboxylic acids is 1. The molecule has 108 valence electrons. The van der Waals surface area contributed by atoms with Crippen LogP contribution in [0, 0.1) is 0 Å². The highest BCUT2D eigenvalue weighted by Crippen LogP contribution is 2.32. The first-order valence-electron chi connectivity index (χ1n) is 6.44. The SMILES string of the molecule is COc1ccc(C(=O)O)c(NC(=O)CC2(N)CCC2)c1. The van der Waals surface area contributed by atoms with Crippen LogP contribution in [-0.2, 0) is 4.79 Å². The summed E-state index contributed by atoms with van der Waals surface area (Å²) in [6.45, 7) is 0. The van der Waals surface area contributed by atoms with Gasteiger partial charge in [-0.15, -0.1) is 0 Å². The molecule has 0 heterocycles. The van der Waals surface area contributed by atoms with E-state index in [0.29, 0.717) is 5.75 Å². The lowest BCUT2D eigenvalue weighted by Gasteiger charge is -2.37. The van der Waals surface area contributed by atoms with Gasteiger partial charge in [0.2, 0.25) is 5.91 Å². The van der Waals surface area contributed by atoms with E-state index in [1.807, 2.05) is 0 Å². The Labute approximate surface area is 116 Å². The molecule has 1 saturated carbocycles. The third-order valence-electron chi connectivity index (χ3n) is 3.59. The summed E-state index contributed by atoms with van der Waals surface area (Å²) in [7, 11) is 1.48. The summed E-state index contributed by atoms with van der Waals surface area (Å²) in [5.41, 5.74) is 5.82. The van der Waals surface area contributed by atoms with Crippen LogP contribution in [0.2, 0.25) is 0 Å². The summed E-state index contributed by atoms with van der Waals surface area (Å²) in [6, 6.07) is 4.43. The lowest BCUT2D eigenvalue weighted by atomic mass is 9.75. The number of carboxylic acid groups (broad SMARTS) is 1. The zero-order valence-corrected chi connectivity index (χ0v) is 11.3. The maximum absolute atomic E-state index is 12.0. The number of nitrogens with two attached hydrogens (primary N) is 1. The number of carboxylic acids is 1. The molecule has 0 bridgehead atoms. The lowest BCUT2D eigenvalue weighted by molar-refractivity contribution is -0.118. The number of benzene rings is 1. The molecule has 0 unspecified atom stereocenters. The van der Waals surface area contributed by atoms with Crippen LogP contribution < -0.4 is 15.8 Å². The summed E-state index contributed by atoms with van der Waals surface area (Å²) in [5, 5.41) is 11.7. The monoisotopic (exact) mass is 278 g/mol. The molecule has 1 aliphatic rings. The minimum Gasteiger partial charge on any atom is -0.497 e. The molecule has 1 amide bonds. The van der Waals surface area contributed by atoms with Gasteiger partial charge in [-0.25, -0.2) is 4.79 Å². The van der Waals surface area contributed by atoms with E-state index in [0.717, 1.165) is 19.3 Å². The molecule has 20 heavy (non-hydrogen) atoms. The van der Waals surface area contributed by atoms with Crippen molar-refractivity contribution in [1.82, 2.24) is 0 Å². The van der Waals surface area contributed by atoms with Crippen molar-refractivity contribution in [2.24, 2.45) is 5.73 Å². The number of nitrogens with one attached hydrogen (secondary N) is 1. The number of aromatic carboxylic acids is 1. The first kappa shape index (κ1) is 14.3. The summed E-state index contributed by atoms with van der Waals surface area (Å²) in [5.74, 6) is -0.895. The molecule has 0 atom stereocenters. The smallest absolute Gasteiger partial charge is 0.337 e. The fraction of sp³-hybridized carbons (Fsp3) is 0.429. The van der Waals surface area contributed by atoms with Crippen LogP contribution >= 0.6 is 0 Å². The van der Waals surface area contributed by atoms with Crippen molar-refractivity contribution < 1.29 is 19.4 Å². The van der Waals surface area contributed by atoms with Crippen LogP contribution in [0.25, 0.3) is 0 Å². The Balaban J connectivity index is 2.14. The van der Waals surface area contributed by atoms with Gasteiger partial charge in [0, 0.05) is 18.0 Å². The van der Waals surface area contributed by atoms with Gasteiger partial charge in [-0.3, -0.25) is 4.79 Å². The second-order valence-corrected chi connectivity index (χ2v) is 5.16. The number of amides is 1. The minimum absolute atomic E-state index is 0.0267. The van der Waals surface area contributed by atoms with Crippen LogP contribution in [-0.4, -0.2) is 29.6 Å². The van der Waals surface area contributed by atoms with Gasteiger partial charge in [0.05, 0.1) is 18.4 Å². The average Bonchev–Trinajstić information content (AvgIpc) is 2.36. The van der Waals surface area contributed by atoms with E-state index in [-0.39, 0.29) is 23.6 Å². The van der Waals surface area contributed by atoms with Gasteiger partial charge >= 0.3 is 5.97 Å². The fourth-order valence-corrected chi connectivity index (χ4v) is 2.26. The summed E-state index contributed by atoms with van der Waals surface area (Å²) < 4.78 is 5.04. The normalized spacial score (nSPS) is 16.1. The third-order valence-corrected chi connectivity index (χ3v) is 3.59. The number of hydrogen-bond donors (Lipinski definition) is 3. The van der Waals surface area contributed by atoms with Crippen molar-refractivity contribution in [1.29, 1.82) is 0 Å². The standard InChI is InChI=1S/C14H18N2O4/c1-20-9-3-4-10(13(18)19)11(7-9)16-12(17)8-14(15)5-2-6-14/h3-4,7H,2,5-6,8,15H2,1H3,(H,16,17)(H,18,19).